The highest BCUT2D eigenvalue weighted by atomic mass is 16.3. The fourth-order valence-electron chi connectivity index (χ4n) is 10.3. The van der Waals surface area contributed by atoms with Crippen LogP contribution in [0.25, 0.3) is 150 Å². The van der Waals surface area contributed by atoms with Gasteiger partial charge >= 0.3 is 0 Å². The summed E-state index contributed by atoms with van der Waals surface area (Å²) in [6, 6.07) is 46.4. The molecule has 0 aliphatic rings. The number of benzene rings is 9. The molecule has 10 heteroatoms. The molecule has 0 aliphatic heterocycles. The van der Waals surface area contributed by atoms with E-state index in [1.807, 2.05) is 84.9 Å². The lowest BCUT2D eigenvalue weighted by Crippen LogP contribution is -2.04. The fraction of sp³-hybridized carbons (Fsp3) is 0. The van der Waals surface area contributed by atoms with Crippen LogP contribution in [-0.2, 0) is 0 Å². The van der Waals surface area contributed by atoms with Crippen molar-refractivity contribution < 1.29 is 18.4 Å². The molecule has 350 valence electrons. The van der Waals surface area contributed by atoms with Gasteiger partial charge in [0, 0.05) is 96.0 Å². The molecule has 0 saturated heterocycles. The Kier molecular flexibility index (Phi) is 8.13. The first-order chi connectivity index (χ1) is 40.1. The smallest absolute Gasteiger partial charge is 0.166 e. The van der Waals surface area contributed by atoms with E-state index in [0.29, 0.717) is 33.8 Å². The Labute approximate surface area is 437 Å². The Morgan fingerprint density at radius 1 is 0.347 bits per heavy atom. The summed E-state index contributed by atoms with van der Waals surface area (Å²) in [6.45, 7) is 0. The van der Waals surface area contributed by atoms with E-state index in [1.165, 1.54) is 18.7 Å². The van der Waals surface area contributed by atoms with Gasteiger partial charge < -0.3 is 13.4 Å². The molecule has 0 aliphatic carbocycles. The van der Waals surface area contributed by atoms with Crippen molar-refractivity contribution in [3.8, 4) is 84.4 Å². The van der Waals surface area contributed by atoms with Crippen molar-refractivity contribution in [1.82, 2.24) is 39.5 Å². The normalized spacial score (nSPS) is 13.0. The van der Waals surface area contributed by atoms with Crippen LogP contribution in [0.2, 0.25) is 0 Å². The number of rotatable bonds is 8. The lowest BCUT2D eigenvalue weighted by atomic mass is 9.98. The first-order valence-corrected chi connectivity index (χ1v) is 24.1. The van der Waals surface area contributed by atoms with Crippen LogP contribution in [-0.4, -0.2) is 39.5 Å². The highest BCUT2D eigenvalue weighted by Crippen LogP contribution is 2.42. The largest absolute Gasteiger partial charge is 0.455 e. The molecule has 0 atom stereocenters. The monoisotopic (exact) mass is 969 g/mol. The van der Waals surface area contributed by atoms with E-state index < -0.39 is 12.1 Å². The minimum Gasteiger partial charge on any atom is -0.455 e. The summed E-state index contributed by atoms with van der Waals surface area (Å²) in [6.07, 6.45) is 9.82. The van der Waals surface area contributed by atoms with Crippen LogP contribution in [0.4, 0.5) is 0 Å². The first kappa shape index (κ1) is 35.6. The summed E-state index contributed by atoms with van der Waals surface area (Å²) in [5.41, 5.74) is 11.9. The van der Waals surface area contributed by atoms with Crippen molar-refractivity contribution in [3.05, 3.63) is 231 Å². The van der Waals surface area contributed by atoms with Gasteiger partial charge in [-0.2, -0.15) is 0 Å². The van der Waals surface area contributed by atoms with Crippen LogP contribution >= 0.6 is 0 Å². The fourth-order valence-corrected chi connectivity index (χ4v) is 10.3. The maximum absolute atomic E-state index is 9.30. The van der Waals surface area contributed by atoms with Crippen LogP contribution < -0.4 is 0 Å². The molecule has 75 heavy (non-hydrogen) atoms. The Morgan fingerprint density at radius 3 is 1.64 bits per heavy atom. The van der Waals surface area contributed by atoms with Gasteiger partial charge in [0.2, 0.25) is 0 Å². The van der Waals surface area contributed by atoms with Crippen LogP contribution in [0, 0.1) is 0 Å². The summed E-state index contributed by atoms with van der Waals surface area (Å²) in [5, 5.41) is 4.08. The summed E-state index contributed by atoms with van der Waals surface area (Å²) >= 11 is 0. The number of para-hydroxylation sites is 6. The van der Waals surface area contributed by atoms with Gasteiger partial charge in [-0.05, 0) is 88.9 Å². The van der Waals surface area contributed by atoms with Gasteiger partial charge in [-0.25, -0.2) is 34.9 Å². The Hall–Kier alpha value is -10.5. The van der Waals surface area contributed by atoms with Gasteiger partial charge in [0.25, 0.3) is 0 Å². The van der Waals surface area contributed by atoms with Crippen LogP contribution in [0.5, 0.6) is 0 Å². The van der Waals surface area contributed by atoms with E-state index in [0.717, 1.165) is 82.8 Å². The minimum atomic E-state index is -0.496. The van der Waals surface area contributed by atoms with Crippen LogP contribution in [0.15, 0.2) is 240 Å². The van der Waals surface area contributed by atoms with Gasteiger partial charge in [0.15, 0.2) is 17.5 Å². The maximum atomic E-state index is 9.30. The SMILES string of the molecule is [2H]c1cc([2H])c2c(c1[2H])c1c([2H])c([2H])c([2H])c([2H])c1n2-c1ccccc1-c1nc(-c2cc(-c3cncnc3)cc(-c3cncnc3)c2)nc(-c2cccc(-c3cccc4c3oc3ccc(-c5cccc6c5oc5ccccc56)cc34)c2)n1. The number of nitrogens with zero attached hydrogens (tertiary/aromatic N) is 8. The van der Waals surface area contributed by atoms with Crippen molar-refractivity contribution in [2.75, 3.05) is 0 Å². The maximum Gasteiger partial charge on any atom is 0.166 e. The lowest BCUT2D eigenvalue weighted by molar-refractivity contribution is 0.669. The Balaban J connectivity index is 0.937. The average molecular weight is 970 g/mol. The molecule has 15 aromatic rings. The highest BCUT2D eigenvalue weighted by Gasteiger charge is 2.22. The number of hydrogen-bond acceptors (Lipinski definition) is 9. The number of aromatic nitrogens is 8. The summed E-state index contributed by atoms with van der Waals surface area (Å²) < 4.78 is 77.7. The quantitative estimate of drug-likeness (QED) is 0.146. The molecule has 0 N–H and O–H groups in total. The summed E-state index contributed by atoms with van der Waals surface area (Å²) in [5.74, 6) is 0.773. The lowest BCUT2D eigenvalue weighted by Gasteiger charge is -2.15. The van der Waals surface area contributed by atoms with Gasteiger partial charge in [0.1, 0.15) is 35.0 Å². The first-order valence-electron chi connectivity index (χ1n) is 27.6. The Bertz CT molecular complexity index is 5110. The molecule has 0 unspecified atom stereocenters. The summed E-state index contributed by atoms with van der Waals surface area (Å²) in [7, 11) is 0. The summed E-state index contributed by atoms with van der Waals surface area (Å²) in [4.78, 5) is 33.0. The number of hydrogen-bond donors (Lipinski definition) is 0. The number of fused-ring (bicyclic) bond motifs is 9. The second-order valence-corrected chi connectivity index (χ2v) is 18.1. The second kappa shape index (κ2) is 17.1. The van der Waals surface area contributed by atoms with E-state index in [1.54, 1.807) is 47.6 Å². The zero-order chi connectivity index (χ0) is 55.5. The van der Waals surface area contributed by atoms with Crippen molar-refractivity contribution in [1.29, 1.82) is 0 Å². The molecule has 6 heterocycles. The minimum absolute atomic E-state index is 0.0246. The zero-order valence-corrected chi connectivity index (χ0v) is 39.3. The number of furan rings is 2. The molecule has 9 aromatic carbocycles. The molecule has 10 nitrogen and oxygen atoms in total. The van der Waals surface area contributed by atoms with Gasteiger partial charge in [-0.3, -0.25) is 0 Å². The Morgan fingerprint density at radius 2 is 0.880 bits per heavy atom. The van der Waals surface area contributed by atoms with Crippen molar-refractivity contribution in [2.45, 2.75) is 0 Å². The van der Waals surface area contributed by atoms with E-state index >= 15 is 0 Å². The third-order valence-electron chi connectivity index (χ3n) is 13.7. The predicted octanol–water partition coefficient (Wildman–Crippen LogP) is 16.0. The molecular formula is C65H38N8O2. The average Bonchev–Trinajstić information content (AvgIpc) is 3.34. The molecule has 0 amide bonds. The molecule has 15 rings (SSSR count). The van der Waals surface area contributed by atoms with E-state index in [-0.39, 0.29) is 63.7 Å². The van der Waals surface area contributed by atoms with Gasteiger partial charge in [-0.1, -0.05) is 127 Å². The predicted molar refractivity (Wildman–Crippen MR) is 298 cm³/mol. The standard InChI is InChI=1S/C65H38N8O2/c1-5-22-56-49(14-1)50-15-2-6-23-57(50)73(56)58-24-7-3-17-54(58)65-71-63(70-64(72-65)44-30-42(45-33-66-37-67-34-45)29-43(31-44)46-35-68-38-69-36-46)41-13-9-12-39(28-41)47-18-11-21-53-55-32-40(26-27-60(55)75-62(47)53)48-19-10-20-52-51-16-4-8-25-59(51)74-61(48)52/h1-38H/i1D,2D,5D,14D,15D,22D,23D. The molecule has 6 aromatic heterocycles. The molecule has 0 bridgehead atoms. The van der Waals surface area contributed by atoms with Gasteiger partial charge in [-0.15, -0.1) is 0 Å². The molecular weight excluding hydrogens is 925 g/mol. The second-order valence-electron chi connectivity index (χ2n) is 18.1. The third-order valence-corrected chi connectivity index (χ3v) is 13.7. The third kappa shape index (κ3) is 7.07. The molecule has 0 fully saturated rings. The van der Waals surface area contributed by atoms with E-state index in [4.69, 9.17) is 30.6 Å². The molecule has 0 radical (unpaired) electrons. The topological polar surface area (TPSA) is 121 Å². The van der Waals surface area contributed by atoms with Crippen LogP contribution in [0.3, 0.4) is 0 Å². The molecule has 0 spiro atoms. The van der Waals surface area contributed by atoms with Crippen molar-refractivity contribution in [3.63, 3.8) is 0 Å². The van der Waals surface area contributed by atoms with E-state index in [9.17, 15) is 2.74 Å². The van der Waals surface area contributed by atoms with Crippen molar-refractivity contribution >= 4 is 65.7 Å². The highest BCUT2D eigenvalue weighted by molar-refractivity contribution is 6.14. The van der Waals surface area contributed by atoms with Crippen LogP contribution in [0.1, 0.15) is 9.60 Å². The zero-order valence-electron chi connectivity index (χ0n) is 46.3. The van der Waals surface area contributed by atoms with E-state index in [2.05, 4.69) is 62.4 Å². The van der Waals surface area contributed by atoms with Gasteiger partial charge in [0.05, 0.1) is 26.3 Å². The van der Waals surface area contributed by atoms with Crippen molar-refractivity contribution in [2.24, 2.45) is 0 Å². The molecule has 0 saturated carbocycles.